The predicted molar refractivity (Wildman–Crippen MR) is 135 cm³/mol. The Morgan fingerprint density at radius 1 is 0.861 bits per heavy atom. The standard InChI is InChI=1S/C25H32NO9P/c1-16-25(27)34-17(2)26(16)36(28,15-29-3)35-21-12-18(10-11-20(21)30-4)8-9-19-13-22(31-5)24(33-7)23(14-19)32-6/h8-14,16-17H,15H2,1-7H3/b9-8-/t16-,17?,36?/m0/s1. The van der Waals surface area contributed by atoms with Crippen molar-refractivity contribution in [2.24, 2.45) is 0 Å². The highest BCUT2D eigenvalue weighted by Gasteiger charge is 2.49. The van der Waals surface area contributed by atoms with Gasteiger partial charge in [0, 0.05) is 7.11 Å². The molecule has 0 aliphatic carbocycles. The molecule has 1 aliphatic heterocycles. The van der Waals surface area contributed by atoms with Crippen molar-refractivity contribution < 1.29 is 42.3 Å². The van der Waals surface area contributed by atoms with E-state index in [-0.39, 0.29) is 12.1 Å². The maximum absolute atomic E-state index is 13.9. The van der Waals surface area contributed by atoms with Crippen molar-refractivity contribution in [2.45, 2.75) is 26.1 Å². The van der Waals surface area contributed by atoms with Gasteiger partial charge in [0.25, 0.3) is 0 Å². The molecule has 0 aromatic heterocycles. The van der Waals surface area contributed by atoms with E-state index in [1.807, 2.05) is 30.4 Å². The molecule has 3 atom stereocenters. The van der Waals surface area contributed by atoms with E-state index in [4.69, 9.17) is 32.9 Å². The van der Waals surface area contributed by atoms with Crippen LogP contribution in [0, 0.1) is 0 Å². The molecule has 1 fully saturated rings. The van der Waals surface area contributed by atoms with E-state index in [2.05, 4.69) is 0 Å². The summed E-state index contributed by atoms with van der Waals surface area (Å²) in [4.78, 5) is 12.1. The minimum atomic E-state index is -3.69. The zero-order valence-electron chi connectivity index (χ0n) is 21.5. The fourth-order valence-electron chi connectivity index (χ4n) is 3.97. The highest BCUT2D eigenvalue weighted by atomic mass is 31.2. The number of benzene rings is 2. The highest BCUT2D eigenvalue weighted by Crippen LogP contribution is 2.56. The zero-order valence-corrected chi connectivity index (χ0v) is 22.4. The number of nitrogens with zero attached hydrogens (tertiary/aromatic N) is 1. The summed E-state index contributed by atoms with van der Waals surface area (Å²) in [5.74, 6) is 1.70. The summed E-state index contributed by atoms with van der Waals surface area (Å²) < 4.78 is 53.5. The van der Waals surface area contributed by atoms with Crippen LogP contribution in [0.4, 0.5) is 0 Å². The van der Waals surface area contributed by atoms with Crippen molar-refractivity contribution in [2.75, 3.05) is 41.9 Å². The fourth-order valence-corrected chi connectivity index (χ4v) is 6.19. The van der Waals surface area contributed by atoms with Crippen molar-refractivity contribution in [1.82, 2.24) is 4.67 Å². The Balaban J connectivity index is 1.96. The van der Waals surface area contributed by atoms with E-state index in [9.17, 15) is 9.36 Å². The molecule has 0 N–H and O–H groups in total. The van der Waals surface area contributed by atoms with E-state index in [1.165, 1.54) is 18.9 Å². The first-order chi connectivity index (χ1) is 17.2. The number of esters is 1. The molecule has 2 aromatic rings. The van der Waals surface area contributed by atoms with Gasteiger partial charge in [0.2, 0.25) is 5.75 Å². The summed E-state index contributed by atoms with van der Waals surface area (Å²) in [6, 6.07) is 8.12. The summed E-state index contributed by atoms with van der Waals surface area (Å²) in [6.07, 6.45) is 2.74. The molecule has 0 radical (unpaired) electrons. The molecule has 0 amide bonds. The maximum Gasteiger partial charge on any atom is 0.348 e. The van der Waals surface area contributed by atoms with Crippen molar-refractivity contribution >= 4 is 25.6 Å². The smallest absolute Gasteiger partial charge is 0.348 e. The van der Waals surface area contributed by atoms with Gasteiger partial charge in [-0.2, -0.15) is 4.67 Å². The van der Waals surface area contributed by atoms with E-state index < -0.39 is 25.8 Å². The first-order valence-electron chi connectivity index (χ1n) is 11.1. The van der Waals surface area contributed by atoms with E-state index >= 15 is 0 Å². The van der Waals surface area contributed by atoms with Crippen molar-refractivity contribution in [3.05, 3.63) is 41.5 Å². The molecule has 1 saturated heterocycles. The lowest BCUT2D eigenvalue weighted by Crippen LogP contribution is -2.34. The molecule has 0 saturated carbocycles. The first-order valence-corrected chi connectivity index (χ1v) is 12.9. The minimum absolute atomic E-state index is 0.240. The van der Waals surface area contributed by atoms with Crippen LogP contribution >= 0.6 is 7.52 Å². The number of ether oxygens (including phenoxy) is 6. The Morgan fingerprint density at radius 3 is 1.94 bits per heavy atom. The number of carbonyl (C=O) groups is 1. The van der Waals surface area contributed by atoms with Gasteiger partial charge in [0.1, 0.15) is 12.4 Å². The highest BCUT2D eigenvalue weighted by molar-refractivity contribution is 7.56. The van der Waals surface area contributed by atoms with Crippen LogP contribution < -0.4 is 23.5 Å². The molecule has 3 rings (SSSR count). The zero-order chi connectivity index (χ0) is 26.5. The third-order valence-electron chi connectivity index (χ3n) is 5.63. The molecule has 2 unspecified atom stereocenters. The molecular weight excluding hydrogens is 489 g/mol. The summed E-state index contributed by atoms with van der Waals surface area (Å²) >= 11 is 0. The van der Waals surface area contributed by atoms with Gasteiger partial charge in [-0.3, -0.25) is 9.36 Å². The Morgan fingerprint density at radius 2 is 1.44 bits per heavy atom. The van der Waals surface area contributed by atoms with Gasteiger partial charge in [0.15, 0.2) is 29.2 Å². The third-order valence-corrected chi connectivity index (χ3v) is 8.07. The summed E-state index contributed by atoms with van der Waals surface area (Å²) in [5.41, 5.74) is 1.56. The second kappa shape index (κ2) is 11.7. The SMILES string of the molecule is COCP(=O)(Oc1cc(/C=C\c2cc(OC)c(OC)c(OC)c2)ccc1OC)N1C(C)OC(=O)[C@@H]1C. The fraction of sp³-hybridized carbons (Fsp3) is 0.400. The molecule has 1 heterocycles. The number of methoxy groups -OCH3 is 5. The second-order valence-corrected chi connectivity index (χ2v) is 10.1. The normalized spacial score (nSPS) is 19.6. The van der Waals surface area contributed by atoms with Crippen LogP contribution in [0.5, 0.6) is 28.7 Å². The maximum atomic E-state index is 13.9. The predicted octanol–water partition coefficient (Wildman–Crippen LogP) is 4.66. The number of cyclic esters (lactones) is 1. The van der Waals surface area contributed by atoms with Gasteiger partial charge in [-0.15, -0.1) is 0 Å². The molecule has 0 spiro atoms. The third kappa shape index (κ3) is 5.61. The molecule has 2 aromatic carbocycles. The molecular formula is C25H32NO9P. The quantitative estimate of drug-likeness (QED) is 0.236. The topological polar surface area (TPSA) is 102 Å². The van der Waals surface area contributed by atoms with Crippen LogP contribution in [-0.4, -0.2) is 64.8 Å². The number of carbonyl (C=O) groups excluding carboxylic acids is 1. The first kappa shape index (κ1) is 27.4. The molecule has 10 nitrogen and oxygen atoms in total. The van der Waals surface area contributed by atoms with Crippen molar-refractivity contribution in [3.8, 4) is 28.7 Å². The lowest BCUT2D eigenvalue weighted by atomic mass is 10.1. The molecule has 196 valence electrons. The van der Waals surface area contributed by atoms with E-state index in [1.54, 1.807) is 47.3 Å². The Hall–Kier alpha value is -3.20. The van der Waals surface area contributed by atoms with Gasteiger partial charge >= 0.3 is 13.5 Å². The molecule has 36 heavy (non-hydrogen) atoms. The lowest BCUT2D eigenvalue weighted by molar-refractivity contribution is -0.141. The summed E-state index contributed by atoms with van der Waals surface area (Å²) in [7, 11) is 3.86. The average Bonchev–Trinajstić information content (AvgIpc) is 3.13. The van der Waals surface area contributed by atoms with Crippen LogP contribution in [0.15, 0.2) is 30.3 Å². The summed E-state index contributed by atoms with van der Waals surface area (Å²) in [5, 5.41) is 0. The van der Waals surface area contributed by atoms with Gasteiger partial charge in [-0.25, -0.2) is 0 Å². The monoisotopic (exact) mass is 521 g/mol. The molecule has 0 bridgehead atoms. The van der Waals surface area contributed by atoms with Gasteiger partial charge < -0.3 is 32.9 Å². The molecule has 1 aliphatic rings. The van der Waals surface area contributed by atoms with Gasteiger partial charge in [-0.05, 0) is 49.2 Å². The van der Waals surface area contributed by atoms with Crippen molar-refractivity contribution in [1.29, 1.82) is 0 Å². The Kier molecular flexibility index (Phi) is 8.89. The lowest BCUT2D eigenvalue weighted by Gasteiger charge is -2.31. The van der Waals surface area contributed by atoms with Crippen LogP contribution in [0.3, 0.4) is 0 Å². The van der Waals surface area contributed by atoms with Crippen LogP contribution in [0.25, 0.3) is 12.2 Å². The number of rotatable bonds is 11. The largest absolute Gasteiger partial charge is 0.493 e. The Labute approximate surface area is 211 Å². The van der Waals surface area contributed by atoms with Crippen molar-refractivity contribution in [3.63, 3.8) is 0 Å². The summed E-state index contributed by atoms with van der Waals surface area (Å²) in [6.45, 7) is 3.26. The average molecular weight is 522 g/mol. The second-order valence-electron chi connectivity index (χ2n) is 7.94. The van der Waals surface area contributed by atoms with Crippen LogP contribution in [-0.2, 0) is 18.8 Å². The van der Waals surface area contributed by atoms with E-state index in [0.717, 1.165) is 11.1 Å². The minimum Gasteiger partial charge on any atom is -0.493 e. The van der Waals surface area contributed by atoms with Gasteiger partial charge in [0.05, 0.1) is 28.4 Å². The molecule has 11 heteroatoms. The van der Waals surface area contributed by atoms with Gasteiger partial charge in [-0.1, -0.05) is 18.2 Å². The van der Waals surface area contributed by atoms with Crippen LogP contribution in [0.1, 0.15) is 25.0 Å². The van der Waals surface area contributed by atoms with E-state index in [0.29, 0.717) is 23.0 Å². The Bertz CT molecular complexity index is 1140. The number of hydrogen-bond donors (Lipinski definition) is 0. The number of hydrogen-bond acceptors (Lipinski definition) is 9. The van der Waals surface area contributed by atoms with Crippen LogP contribution in [0.2, 0.25) is 0 Å².